The van der Waals surface area contributed by atoms with Crippen molar-refractivity contribution in [2.75, 3.05) is 24.8 Å². The summed E-state index contributed by atoms with van der Waals surface area (Å²) in [6.07, 6.45) is -0.323. The number of hydrogen-bond acceptors (Lipinski definition) is 8. The average molecular weight is 570 g/mol. The van der Waals surface area contributed by atoms with Crippen molar-refractivity contribution in [3.63, 3.8) is 0 Å². The number of thioether (sulfide) groups is 1. The maximum atomic E-state index is 15.3. The van der Waals surface area contributed by atoms with Gasteiger partial charge in [-0.2, -0.15) is 0 Å². The molecule has 208 valence electrons. The van der Waals surface area contributed by atoms with Gasteiger partial charge in [0.15, 0.2) is 17.3 Å². The number of morpholine rings is 1. The van der Waals surface area contributed by atoms with Crippen LogP contribution in [0.4, 0.5) is 8.78 Å². The van der Waals surface area contributed by atoms with Crippen LogP contribution in [0.15, 0.2) is 58.4 Å². The summed E-state index contributed by atoms with van der Waals surface area (Å²) in [6.45, 7) is 3.30. The minimum atomic E-state index is -1.14. The summed E-state index contributed by atoms with van der Waals surface area (Å²) in [5.74, 6) is -3.02. The summed E-state index contributed by atoms with van der Waals surface area (Å²) in [5, 5.41) is 1.85. The number of pyridine rings is 1. The second-order valence-electron chi connectivity index (χ2n) is 9.59. The van der Waals surface area contributed by atoms with E-state index in [0.717, 1.165) is 16.5 Å². The number of rotatable bonds is 4. The molecule has 4 heterocycles. The lowest BCUT2D eigenvalue weighted by Gasteiger charge is -2.51. The van der Waals surface area contributed by atoms with E-state index in [9.17, 15) is 18.8 Å². The van der Waals surface area contributed by atoms with Crippen molar-refractivity contribution in [3.05, 3.63) is 92.9 Å². The second kappa shape index (κ2) is 10.3. The lowest BCUT2D eigenvalue weighted by molar-refractivity contribution is -0.158. The molecule has 3 aliphatic heterocycles. The molecule has 0 N–H and O–H groups in total. The number of amides is 1. The van der Waals surface area contributed by atoms with Gasteiger partial charge in [-0.15, -0.1) is 11.8 Å². The number of benzene rings is 2. The van der Waals surface area contributed by atoms with Crippen LogP contribution in [0.1, 0.15) is 47.1 Å². The predicted octanol–water partition coefficient (Wildman–Crippen LogP) is 3.56. The number of fused-ring (bicyclic) bond motifs is 4. The van der Waals surface area contributed by atoms with Crippen molar-refractivity contribution in [2.24, 2.45) is 0 Å². The van der Waals surface area contributed by atoms with Gasteiger partial charge in [0.2, 0.25) is 17.5 Å². The van der Waals surface area contributed by atoms with E-state index in [-0.39, 0.29) is 42.5 Å². The van der Waals surface area contributed by atoms with Crippen LogP contribution >= 0.6 is 11.8 Å². The fourth-order valence-corrected chi connectivity index (χ4v) is 6.62. The third-order valence-electron chi connectivity index (χ3n) is 7.15. The summed E-state index contributed by atoms with van der Waals surface area (Å²) in [6, 6.07) is 10.8. The van der Waals surface area contributed by atoms with Gasteiger partial charge < -0.3 is 19.1 Å². The zero-order valence-corrected chi connectivity index (χ0v) is 22.5. The third kappa shape index (κ3) is 4.31. The zero-order valence-electron chi connectivity index (χ0n) is 21.6. The van der Waals surface area contributed by atoms with Crippen LogP contribution in [0, 0.1) is 11.6 Å². The molecule has 1 aromatic heterocycles. The molecule has 9 nitrogen and oxygen atoms in total. The summed E-state index contributed by atoms with van der Waals surface area (Å²) in [7, 11) is 0. The van der Waals surface area contributed by atoms with Gasteiger partial charge in [-0.3, -0.25) is 24.1 Å². The lowest BCUT2D eigenvalue weighted by Crippen LogP contribution is -2.66. The molecule has 3 aliphatic rings. The number of nitrogens with zero attached hydrogens (tertiary/aromatic N) is 3. The molecule has 1 unspecified atom stereocenters. The largest absolute Gasteiger partial charge is 0.448 e. The molecule has 0 bridgehead atoms. The van der Waals surface area contributed by atoms with Crippen molar-refractivity contribution in [2.45, 2.75) is 43.0 Å². The molecule has 2 aromatic carbocycles. The van der Waals surface area contributed by atoms with E-state index in [1.54, 1.807) is 11.0 Å². The molecule has 1 amide bonds. The fraction of sp³-hybridized carbons (Fsp3) is 0.321. The number of ether oxygens (including phenoxy) is 3. The number of carbonyl (C=O) groups is 2. The quantitative estimate of drug-likeness (QED) is 0.348. The summed E-state index contributed by atoms with van der Waals surface area (Å²) < 4.78 is 47.9. The van der Waals surface area contributed by atoms with Gasteiger partial charge in [-0.1, -0.05) is 24.3 Å². The summed E-state index contributed by atoms with van der Waals surface area (Å²) >= 11 is 1.40. The highest BCUT2D eigenvalue weighted by molar-refractivity contribution is 7.98. The van der Waals surface area contributed by atoms with E-state index in [4.69, 9.17) is 14.2 Å². The molecule has 0 aliphatic carbocycles. The van der Waals surface area contributed by atoms with Crippen molar-refractivity contribution < 1.29 is 32.6 Å². The van der Waals surface area contributed by atoms with E-state index < -0.39 is 47.4 Å². The Morgan fingerprint density at radius 2 is 1.93 bits per heavy atom. The Morgan fingerprint density at radius 1 is 1.12 bits per heavy atom. The Bertz CT molecular complexity index is 1580. The fourth-order valence-electron chi connectivity index (χ4n) is 5.51. The van der Waals surface area contributed by atoms with Gasteiger partial charge in [0.05, 0.1) is 19.3 Å². The first-order valence-corrected chi connectivity index (χ1v) is 13.7. The second-order valence-corrected chi connectivity index (χ2v) is 10.6. The van der Waals surface area contributed by atoms with Gasteiger partial charge in [0.1, 0.15) is 6.17 Å². The van der Waals surface area contributed by atoms with Crippen molar-refractivity contribution in [1.82, 2.24) is 9.58 Å². The Labute approximate surface area is 232 Å². The molecule has 1 fully saturated rings. The molecular weight excluding hydrogens is 544 g/mol. The van der Waals surface area contributed by atoms with Crippen LogP contribution in [0.25, 0.3) is 0 Å². The number of esters is 1. The minimum Gasteiger partial charge on any atom is -0.448 e. The molecule has 6 rings (SSSR count). The standard InChI is InChI=1S/C28H25F2N3O6S/c1-15(34)38-16(2)39-27-21(35)9-10-32-26(27)28(36)31-11-12-37-13-23(31)33(32)25-17-7-8-20(29)24(30)19(17)14-40-22-6-4-3-5-18(22)25/h3-10,16,23,25H,11-14H2,1-2H3/t16?,23-,25+/m1/s1. The monoisotopic (exact) mass is 569 g/mol. The van der Waals surface area contributed by atoms with Crippen LogP contribution < -0.4 is 15.2 Å². The molecule has 3 atom stereocenters. The number of hydrogen-bond donors (Lipinski definition) is 0. The molecule has 0 saturated carbocycles. The number of halogens is 2. The molecule has 0 spiro atoms. The van der Waals surface area contributed by atoms with E-state index in [1.807, 2.05) is 29.3 Å². The summed E-state index contributed by atoms with van der Waals surface area (Å²) in [4.78, 5) is 40.9. The summed E-state index contributed by atoms with van der Waals surface area (Å²) in [5.41, 5.74) is 0.918. The smallest absolute Gasteiger partial charge is 0.305 e. The Kier molecular flexibility index (Phi) is 6.75. The van der Waals surface area contributed by atoms with Gasteiger partial charge in [-0.05, 0) is 23.3 Å². The van der Waals surface area contributed by atoms with Crippen LogP contribution in [-0.4, -0.2) is 53.7 Å². The van der Waals surface area contributed by atoms with Crippen LogP contribution in [0.5, 0.6) is 5.75 Å². The SMILES string of the molecule is CC(=O)OC(C)Oc1c2n(ccc1=O)N([C@@H]1c3ccccc3SCc3c1ccc(F)c3F)[C@@H]1COCCN1C2=O. The maximum absolute atomic E-state index is 15.3. The van der Waals surface area contributed by atoms with Crippen molar-refractivity contribution >= 4 is 23.6 Å². The highest BCUT2D eigenvalue weighted by atomic mass is 32.2. The predicted molar refractivity (Wildman–Crippen MR) is 141 cm³/mol. The Hall–Kier alpha value is -3.90. The first kappa shape index (κ1) is 26.3. The van der Waals surface area contributed by atoms with Gasteiger partial charge in [0.25, 0.3) is 5.91 Å². The molecule has 1 saturated heterocycles. The molecule has 3 aromatic rings. The number of aromatic nitrogens is 1. The topological polar surface area (TPSA) is 90.3 Å². The van der Waals surface area contributed by atoms with Crippen LogP contribution in [-0.2, 0) is 20.0 Å². The van der Waals surface area contributed by atoms with Crippen LogP contribution in [0.2, 0.25) is 0 Å². The Balaban J connectivity index is 1.61. The zero-order chi connectivity index (χ0) is 28.1. The average Bonchev–Trinajstić information content (AvgIpc) is 3.09. The third-order valence-corrected chi connectivity index (χ3v) is 8.26. The van der Waals surface area contributed by atoms with Crippen molar-refractivity contribution in [3.8, 4) is 5.75 Å². The van der Waals surface area contributed by atoms with Gasteiger partial charge >= 0.3 is 5.97 Å². The molecule has 0 radical (unpaired) electrons. The van der Waals surface area contributed by atoms with E-state index in [2.05, 4.69) is 0 Å². The number of carbonyl (C=O) groups excluding carboxylic acids is 2. The van der Waals surface area contributed by atoms with Gasteiger partial charge in [-0.25, -0.2) is 8.78 Å². The van der Waals surface area contributed by atoms with Gasteiger partial charge in [0, 0.05) is 48.9 Å². The first-order valence-electron chi connectivity index (χ1n) is 12.7. The van der Waals surface area contributed by atoms with E-state index >= 15 is 4.39 Å². The maximum Gasteiger partial charge on any atom is 0.305 e. The van der Waals surface area contributed by atoms with E-state index in [0.29, 0.717) is 5.56 Å². The molecule has 12 heteroatoms. The normalized spacial score (nSPS) is 20.4. The molecular formula is C28H25F2N3O6S. The highest BCUT2D eigenvalue weighted by Gasteiger charge is 2.46. The van der Waals surface area contributed by atoms with Crippen molar-refractivity contribution in [1.29, 1.82) is 0 Å². The van der Waals surface area contributed by atoms with E-state index in [1.165, 1.54) is 42.5 Å². The van der Waals surface area contributed by atoms with Crippen LogP contribution in [0.3, 0.4) is 0 Å². The minimum absolute atomic E-state index is 0.0665. The highest BCUT2D eigenvalue weighted by Crippen LogP contribution is 2.45. The first-order chi connectivity index (χ1) is 19.3. The lowest BCUT2D eigenvalue weighted by atomic mass is 9.93. The Morgan fingerprint density at radius 3 is 2.73 bits per heavy atom. The molecule has 40 heavy (non-hydrogen) atoms.